The van der Waals surface area contributed by atoms with Gasteiger partial charge in [0.2, 0.25) is 0 Å². The van der Waals surface area contributed by atoms with Gasteiger partial charge in [-0.15, -0.1) is 0 Å². The van der Waals surface area contributed by atoms with E-state index in [1.165, 1.54) is 6.92 Å². The second-order valence-electron chi connectivity index (χ2n) is 7.41. The summed E-state index contributed by atoms with van der Waals surface area (Å²) < 4.78 is 20.5. The molecule has 28 heavy (non-hydrogen) atoms. The maximum absolute atomic E-state index is 12.0. The zero-order valence-electron chi connectivity index (χ0n) is 17.5. The predicted molar refractivity (Wildman–Crippen MR) is 103 cm³/mol. The molecule has 0 aliphatic carbocycles. The van der Waals surface area contributed by atoms with Gasteiger partial charge in [-0.2, -0.15) is 0 Å². The summed E-state index contributed by atoms with van der Waals surface area (Å²) in [5.74, 6) is -0.638. The number of amides is 1. The van der Waals surface area contributed by atoms with Gasteiger partial charge in [0.1, 0.15) is 24.9 Å². The van der Waals surface area contributed by atoms with E-state index in [0.717, 1.165) is 0 Å². The van der Waals surface area contributed by atoms with Crippen molar-refractivity contribution in [1.82, 2.24) is 5.32 Å². The molecule has 0 rings (SSSR count). The molecule has 2 atom stereocenters. The summed E-state index contributed by atoms with van der Waals surface area (Å²) in [6.45, 7) is 12.2. The van der Waals surface area contributed by atoms with Crippen molar-refractivity contribution in [1.29, 1.82) is 0 Å². The Kier molecular flexibility index (Phi) is 11.9. The number of allylic oxidation sites excluding steroid dienone is 1. The number of alkyl carbamates (subject to hydrolysis) is 1. The molecule has 1 amide bonds. The zero-order chi connectivity index (χ0) is 21.7. The number of nitrogens with two attached hydrogens (primary N) is 1. The smallest absolute Gasteiger partial charge is 0.407 e. The van der Waals surface area contributed by atoms with Crippen LogP contribution < -0.4 is 11.1 Å². The molecule has 0 spiro atoms. The maximum atomic E-state index is 12.0. The fourth-order valence-electron chi connectivity index (χ4n) is 1.98. The lowest BCUT2D eigenvalue weighted by atomic mass is 10.1. The van der Waals surface area contributed by atoms with Crippen LogP contribution in [0.4, 0.5) is 4.79 Å². The number of carbonyl (C=O) groups excluding carboxylic acids is 3. The Morgan fingerprint density at radius 2 is 1.68 bits per heavy atom. The van der Waals surface area contributed by atoms with Crippen LogP contribution in [0.3, 0.4) is 0 Å². The third kappa shape index (κ3) is 14.8. The lowest BCUT2D eigenvalue weighted by molar-refractivity contribution is -0.160. The van der Waals surface area contributed by atoms with Crippen LogP contribution >= 0.6 is 0 Å². The Bertz CT molecular complexity index is 529. The van der Waals surface area contributed by atoms with Crippen molar-refractivity contribution < 1.29 is 33.3 Å². The van der Waals surface area contributed by atoms with Crippen molar-refractivity contribution in [3.05, 3.63) is 12.3 Å². The molecule has 3 N–H and O–H groups in total. The highest BCUT2D eigenvalue weighted by Gasteiger charge is 2.20. The average Bonchev–Trinajstić information content (AvgIpc) is 2.54. The van der Waals surface area contributed by atoms with Crippen LogP contribution in [0.1, 0.15) is 53.9 Å². The molecule has 0 aromatic rings. The van der Waals surface area contributed by atoms with Gasteiger partial charge in [0.15, 0.2) is 6.10 Å². The molecule has 0 saturated carbocycles. The highest BCUT2D eigenvalue weighted by Crippen LogP contribution is 2.07. The van der Waals surface area contributed by atoms with Crippen LogP contribution in [-0.2, 0) is 28.5 Å². The number of hydrogen-bond acceptors (Lipinski definition) is 8. The molecule has 0 aromatic carbocycles. The molecule has 0 aliphatic rings. The molecule has 2 unspecified atom stereocenters. The first-order valence-electron chi connectivity index (χ1n) is 9.25. The lowest BCUT2D eigenvalue weighted by Crippen LogP contribution is -2.36. The summed E-state index contributed by atoms with van der Waals surface area (Å²) in [6.07, 6.45) is 0.448. The third-order valence-electron chi connectivity index (χ3n) is 3.17. The van der Waals surface area contributed by atoms with Gasteiger partial charge in [0, 0.05) is 13.5 Å². The Morgan fingerprint density at radius 1 is 1.07 bits per heavy atom. The topological polar surface area (TPSA) is 126 Å². The van der Waals surface area contributed by atoms with E-state index in [0.29, 0.717) is 31.6 Å². The molecule has 0 fully saturated rings. The summed E-state index contributed by atoms with van der Waals surface area (Å²) in [6, 6.07) is -0.804. The van der Waals surface area contributed by atoms with Crippen LogP contribution in [0.5, 0.6) is 0 Å². The van der Waals surface area contributed by atoms with Crippen molar-refractivity contribution in [2.24, 2.45) is 5.73 Å². The molecule has 0 aromatic heterocycles. The van der Waals surface area contributed by atoms with E-state index < -0.39 is 35.8 Å². The van der Waals surface area contributed by atoms with E-state index in [-0.39, 0.29) is 13.2 Å². The summed E-state index contributed by atoms with van der Waals surface area (Å²) in [4.78, 5) is 34.6. The Labute approximate surface area is 166 Å². The van der Waals surface area contributed by atoms with Gasteiger partial charge in [-0.3, -0.25) is 9.59 Å². The largest absolute Gasteiger partial charge is 0.495 e. The van der Waals surface area contributed by atoms with E-state index in [2.05, 4.69) is 11.9 Å². The number of esters is 2. The summed E-state index contributed by atoms with van der Waals surface area (Å²) in [7, 11) is 0. The molecule has 0 bridgehead atoms. The van der Waals surface area contributed by atoms with E-state index in [9.17, 15) is 14.4 Å². The first-order valence-corrected chi connectivity index (χ1v) is 9.25. The van der Waals surface area contributed by atoms with Crippen LogP contribution in [0.15, 0.2) is 12.3 Å². The van der Waals surface area contributed by atoms with E-state index >= 15 is 0 Å². The molecule has 0 saturated heterocycles. The van der Waals surface area contributed by atoms with Crippen molar-refractivity contribution in [3.63, 3.8) is 0 Å². The molecule has 9 nitrogen and oxygen atoms in total. The van der Waals surface area contributed by atoms with Gasteiger partial charge in [-0.1, -0.05) is 6.58 Å². The number of rotatable bonds is 12. The van der Waals surface area contributed by atoms with Gasteiger partial charge in [0.05, 0.1) is 5.76 Å². The van der Waals surface area contributed by atoms with Gasteiger partial charge in [0.25, 0.3) is 0 Å². The monoisotopic (exact) mass is 402 g/mol. The van der Waals surface area contributed by atoms with Crippen molar-refractivity contribution >= 4 is 18.0 Å². The van der Waals surface area contributed by atoms with E-state index in [1.807, 2.05) is 0 Å². The molecule has 162 valence electrons. The molecule has 9 heteroatoms. The minimum atomic E-state index is -0.804. The van der Waals surface area contributed by atoms with Gasteiger partial charge in [-0.05, 0) is 47.0 Å². The predicted octanol–water partition coefficient (Wildman–Crippen LogP) is 2.03. The van der Waals surface area contributed by atoms with Gasteiger partial charge >= 0.3 is 18.0 Å². The molecule has 0 radical (unpaired) electrons. The number of hydrogen-bond donors (Lipinski definition) is 2. The first-order chi connectivity index (χ1) is 12.9. The number of unbranched alkanes of at least 4 members (excludes halogenated alkanes) is 1. The normalized spacial score (nSPS) is 13.1. The SMILES string of the molecule is C=C(C)OCC(COC(=O)C(N)CCCCNC(=O)OC(C)(C)C)OC(C)=O. The minimum Gasteiger partial charge on any atom is -0.495 e. The summed E-state index contributed by atoms with van der Waals surface area (Å²) >= 11 is 0. The van der Waals surface area contributed by atoms with E-state index in [4.69, 9.17) is 24.7 Å². The van der Waals surface area contributed by atoms with Gasteiger partial charge < -0.3 is 30.0 Å². The molecule has 0 heterocycles. The molecular weight excluding hydrogens is 368 g/mol. The number of nitrogens with one attached hydrogen (secondary N) is 1. The zero-order valence-corrected chi connectivity index (χ0v) is 17.5. The highest BCUT2D eigenvalue weighted by molar-refractivity contribution is 5.75. The van der Waals surface area contributed by atoms with Crippen molar-refractivity contribution in [2.45, 2.75) is 71.6 Å². The third-order valence-corrected chi connectivity index (χ3v) is 3.17. The maximum Gasteiger partial charge on any atom is 0.407 e. The number of ether oxygens (including phenoxy) is 4. The Morgan fingerprint density at radius 3 is 2.21 bits per heavy atom. The lowest BCUT2D eigenvalue weighted by Gasteiger charge is -2.20. The molecular formula is C19H34N2O7. The second-order valence-corrected chi connectivity index (χ2v) is 7.41. The van der Waals surface area contributed by atoms with Crippen molar-refractivity contribution in [2.75, 3.05) is 19.8 Å². The first kappa shape index (κ1) is 25.7. The standard InChI is InChI=1S/C19H34N2O7/c1-13(2)25-11-15(27-14(3)22)12-26-17(23)16(20)9-7-8-10-21-18(24)28-19(4,5)6/h15-16H,1,7-12,20H2,2-6H3,(H,21,24). The van der Waals surface area contributed by atoms with Crippen molar-refractivity contribution in [3.8, 4) is 0 Å². The Hall–Kier alpha value is -2.29. The molecule has 0 aliphatic heterocycles. The summed E-state index contributed by atoms with van der Waals surface area (Å²) in [5.41, 5.74) is 5.27. The quantitative estimate of drug-likeness (QED) is 0.220. The average molecular weight is 402 g/mol. The van der Waals surface area contributed by atoms with Crippen LogP contribution in [0, 0.1) is 0 Å². The summed E-state index contributed by atoms with van der Waals surface area (Å²) in [5, 5.41) is 2.64. The van der Waals surface area contributed by atoms with Crippen LogP contribution in [-0.4, -0.2) is 55.5 Å². The fraction of sp³-hybridized carbons (Fsp3) is 0.737. The minimum absolute atomic E-state index is 0.0355. The number of carbonyl (C=O) groups is 3. The van der Waals surface area contributed by atoms with Crippen LogP contribution in [0.25, 0.3) is 0 Å². The fourth-order valence-corrected chi connectivity index (χ4v) is 1.98. The second kappa shape index (κ2) is 13.0. The van der Waals surface area contributed by atoms with Crippen LogP contribution in [0.2, 0.25) is 0 Å². The van der Waals surface area contributed by atoms with Gasteiger partial charge in [-0.25, -0.2) is 4.79 Å². The highest BCUT2D eigenvalue weighted by atomic mass is 16.6. The van der Waals surface area contributed by atoms with E-state index in [1.54, 1.807) is 27.7 Å². The Balaban J connectivity index is 4.08.